The van der Waals surface area contributed by atoms with E-state index in [4.69, 9.17) is 9.90 Å². The Morgan fingerprint density at radius 3 is 2.33 bits per heavy atom. The van der Waals surface area contributed by atoms with Crippen LogP contribution >= 0.6 is 11.8 Å². The molecule has 0 saturated carbocycles. The van der Waals surface area contributed by atoms with Gasteiger partial charge in [0.05, 0.1) is 0 Å². The zero-order valence-electron chi connectivity index (χ0n) is 6.93. The van der Waals surface area contributed by atoms with E-state index in [1.54, 1.807) is 0 Å². The van der Waals surface area contributed by atoms with E-state index in [0.717, 1.165) is 5.75 Å². The van der Waals surface area contributed by atoms with Crippen molar-refractivity contribution in [3.05, 3.63) is 30.3 Å². The van der Waals surface area contributed by atoms with E-state index >= 15 is 0 Å². The first-order valence-corrected chi connectivity index (χ1v) is 4.59. The number of hydrogen-bond donors (Lipinski definition) is 1. The molecule has 0 spiro atoms. The first-order chi connectivity index (χ1) is 5.85. The highest BCUT2D eigenvalue weighted by Gasteiger charge is 1.84. The third kappa shape index (κ3) is 5.80. The number of carboxylic acid groups (broad SMARTS) is 1. The van der Waals surface area contributed by atoms with E-state index in [1.165, 1.54) is 4.90 Å². The Labute approximate surface area is 76.6 Å². The fraction of sp³-hybridized carbons (Fsp3) is 0.222. The van der Waals surface area contributed by atoms with Crippen LogP contribution < -0.4 is 0 Å². The monoisotopic (exact) mass is 184 g/mol. The van der Waals surface area contributed by atoms with Crippen molar-refractivity contribution in [2.45, 2.75) is 11.8 Å². The second-order valence-electron chi connectivity index (χ2n) is 1.85. The van der Waals surface area contributed by atoms with Crippen LogP contribution in [0.5, 0.6) is 0 Å². The van der Waals surface area contributed by atoms with E-state index in [9.17, 15) is 0 Å². The largest absolute Gasteiger partial charge is 0.483 e. The summed E-state index contributed by atoms with van der Waals surface area (Å²) in [7, 11) is 0. The minimum Gasteiger partial charge on any atom is -0.483 e. The Kier molecular flexibility index (Phi) is 7.49. The Hall–Kier alpha value is -0.960. The lowest BCUT2D eigenvalue weighted by Gasteiger charge is -1.93. The van der Waals surface area contributed by atoms with Crippen LogP contribution in [0, 0.1) is 0 Å². The summed E-state index contributed by atoms with van der Waals surface area (Å²) in [5.74, 6) is 1.16. The van der Waals surface area contributed by atoms with Gasteiger partial charge in [-0.1, -0.05) is 25.1 Å². The zero-order chi connectivity index (χ0) is 9.23. The van der Waals surface area contributed by atoms with Crippen LogP contribution in [0.4, 0.5) is 0 Å². The van der Waals surface area contributed by atoms with Gasteiger partial charge < -0.3 is 5.11 Å². The molecule has 1 rings (SSSR count). The van der Waals surface area contributed by atoms with Crippen LogP contribution in [-0.4, -0.2) is 17.3 Å². The maximum atomic E-state index is 8.36. The average molecular weight is 184 g/mol. The smallest absolute Gasteiger partial charge is 0.290 e. The van der Waals surface area contributed by atoms with Crippen molar-refractivity contribution in [1.82, 2.24) is 0 Å². The van der Waals surface area contributed by atoms with Gasteiger partial charge in [0.15, 0.2) is 0 Å². The first-order valence-electron chi connectivity index (χ1n) is 3.60. The molecule has 0 bridgehead atoms. The van der Waals surface area contributed by atoms with Gasteiger partial charge >= 0.3 is 0 Å². The SMILES string of the molecule is CCSc1ccccc1.O=CO. The van der Waals surface area contributed by atoms with E-state index < -0.39 is 0 Å². The lowest BCUT2D eigenvalue weighted by Crippen LogP contribution is -1.68. The van der Waals surface area contributed by atoms with Gasteiger partial charge in [0.2, 0.25) is 0 Å². The molecular weight excluding hydrogens is 172 g/mol. The fourth-order valence-electron chi connectivity index (χ4n) is 0.683. The highest BCUT2D eigenvalue weighted by molar-refractivity contribution is 7.99. The molecule has 0 aliphatic rings. The van der Waals surface area contributed by atoms with Gasteiger partial charge in [-0.05, 0) is 17.9 Å². The van der Waals surface area contributed by atoms with Gasteiger partial charge in [0.1, 0.15) is 0 Å². The summed E-state index contributed by atoms with van der Waals surface area (Å²) >= 11 is 1.88. The standard InChI is InChI=1S/C8H10S.CH2O2/c1-2-9-8-6-4-3-5-7-8;2-1-3/h3-7H,2H2,1H3;1H,(H,2,3). The Balaban J connectivity index is 0.000000354. The van der Waals surface area contributed by atoms with Gasteiger partial charge in [-0.3, -0.25) is 4.79 Å². The van der Waals surface area contributed by atoms with E-state index in [1.807, 2.05) is 17.8 Å². The number of rotatable bonds is 2. The lowest BCUT2D eigenvalue weighted by molar-refractivity contribution is -0.122. The molecule has 1 N–H and O–H groups in total. The molecule has 0 aromatic heterocycles. The Morgan fingerprint density at radius 1 is 1.42 bits per heavy atom. The fourth-order valence-corrected chi connectivity index (χ4v) is 1.37. The van der Waals surface area contributed by atoms with Gasteiger partial charge in [-0.25, -0.2) is 0 Å². The minimum absolute atomic E-state index is 0.250. The van der Waals surface area contributed by atoms with E-state index in [0.29, 0.717) is 0 Å². The maximum absolute atomic E-state index is 8.36. The highest BCUT2D eigenvalue weighted by Crippen LogP contribution is 2.15. The van der Waals surface area contributed by atoms with Crippen molar-refractivity contribution in [3.8, 4) is 0 Å². The number of hydrogen-bond acceptors (Lipinski definition) is 2. The molecule has 0 atom stereocenters. The van der Waals surface area contributed by atoms with Crippen molar-refractivity contribution >= 4 is 18.2 Å². The van der Waals surface area contributed by atoms with Gasteiger partial charge in [0, 0.05) is 4.90 Å². The topological polar surface area (TPSA) is 37.3 Å². The molecule has 0 saturated heterocycles. The second kappa shape index (κ2) is 8.14. The molecule has 12 heavy (non-hydrogen) atoms. The van der Waals surface area contributed by atoms with Crippen LogP contribution in [0.1, 0.15) is 6.92 Å². The van der Waals surface area contributed by atoms with Crippen molar-refractivity contribution in [2.24, 2.45) is 0 Å². The third-order valence-electron chi connectivity index (χ3n) is 1.05. The molecule has 0 unspecified atom stereocenters. The van der Waals surface area contributed by atoms with Crippen LogP contribution in [0.2, 0.25) is 0 Å². The third-order valence-corrected chi connectivity index (χ3v) is 1.95. The predicted molar refractivity (Wildman–Crippen MR) is 51.5 cm³/mol. The highest BCUT2D eigenvalue weighted by atomic mass is 32.2. The van der Waals surface area contributed by atoms with Crippen LogP contribution in [0.15, 0.2) is 35.2 Å². The summed E-state index contributed by atoms with van der Waals surface area (Å²) in [6.07, 6.45) is 0. The lowest BCUT2D eigenvalue weighted by atomic mass is 10.4. The van der Waals surface area contributed by atoms with E-state index in [-0.39, 0.29) is 6.47 Å². The molecule has 0 amide bonds. The summed E-state index contributed by atoms with van der Waals surface area (Å²) in [6, 6.07) is 10.4. The number of benzene rings is 1. The van der Waals surface area contributed by atoms with Crippen molar-refractivity contribution in [1.29, 1.82) is 0 Å². The van der Waals surface area contributed by atoms with Crippen molar-refractivity contribution < 1.29 is 9.90 Å². The zero-order valence-corrected chi connectivity index (χ0v) is 7.75. The van der Waals surface area contributed by atoms with E-state index in [2.05, 4.69) is 31.2 Å². The number of carbonyl (C=O) groups is 1. The molecule has 3 heteroatoms. The maximum Gasteiger partial charge on any atom is 0.290 e. The quantitative estimate of drug-likeness (QED) is 0.566. The molecule has 0 heterocycles. The molecular formula is C9H12O2S. The second-order valence-corrected chi connectivity index (χ2v) is 3.19. The molecule has 1 aromatic carbocycles. The Bertz CT molecular complexity index is 199. The molecule has 66 valence electrons. The van der Waals surface area contributed by atoms with Gasteiger partial charge in [-0.2, -0.15) is 0 Å². The van der Waals surface area contributed by atoms with Crippen molar-refractivity contribution in [2.75, 3.05) is 5.75 Å². The summed E-state index contributed by atoms with van der Waals surface area (Å²) in [6.45, 7) is 1.91. The molecule has 0 fully saturated rings. The van der Waals surface area contributed by atoms with Crippen LogP contribution in [-0.2, 0) is 4.79 Å². The predicted octanol–water partition coefficient (Wildman–Crippen LogP) is 2.50. The average Bonchev–Trinajstić information content (AvgIpc) is 2.08. The molecule has 2 nitrogen and oxygen atoms in total. The summed E-state index contributed by atoms with van der Waals surface area (Å²) in [5.41, 5.74) is 0. The summed E-state index contributed by atoms with van der Waals surface area (Å²) < 4.78 is 0. The van der Waals surface area contributed by atoms with Crippen LogP contribution in [0.3, 0.4) is 0 Å². The molecule has 0 radical (unpaired) electrons. The normalized spacial score (nSPS) is 8.08. The minimum atomic E-state index is -0.250. The molecule has 0 aliphatic carbocycles. The summed E-state index contributed by atoms with van der Waals surface area (Å²) in [4.78, 5) is 9.72. The van der Waals surface area contributed by atoms with Crippen LogP contribution in [0.25, 0.3) is 0 Å². The molecule has 0 aliphatic heterocycles. The molecule has 1 aromatic rings. The Morgan fingerprint density at radius 2 is 1.92 bits per heavy atom. The number of thioether (sulfide) groups is 1. The first kappa shape index (κ1) is 11.0. The van der Waals surface area contributed by atoms with Gasteiger partial charge in [0.25, 0.3) is 6.47 Å². The van der Waals surface area contributed by atoms with Gasteiger partial charge in [-0.15, -0.1) is 11.8 Å². The summed E-state index contributed by atoms with van der Waals surface area (Å²) in [5, 5.41) is 6.89. The van der Waals surface area contributed by atoms with Crippen molar-refractivity contribution in [3.63, 3.8) is 0 Å².